The monoisotopic (exact) mass is 352 g/mol. The van der Waals surface area contributed by atoms with Gasteiger partial charge in [-0.15, -0.1) is 0 Å². The quantitative estimate of drug-likeness (QED) is 0.428. The van der Waals surface area contributed by atoms with E-state index in [1.54, 1.807) is 0 Å². The maximum absolute atomic E-state index is 2.63. The fraction of sp³-hybridized carbons (Fsp3) is 1.00. The molecule has 0 saturated heterocycles. The normalized spacial score (nSPS) is 21.6. The Morgan fingerprint density at radius 3 is 1.12 bits per heavy atom. The van der Waals surface area contributed by atoms with Crippen LogP contribution in [0.2, 0.25) is 0 Å². The van der Waals surface area contributed by atoms with Crippen LogP contribution >= 0.6 is 0 Å². The summed E-state index contributed by atoms with van der Waals surface area (Å²) in [6, 6.07) is 0. The third-order valence-corrected chi connectivity index (χ3v) is 9.25. The molecular weight excluding hydrogens is 300 g/mol. The lowest BCUT2D eigenvalue weighted by Crippen LogP contribution is -2.61. The summed E-state index contributed by atoms with van der Waals surface area (Å²) in [4.78, 5) is 0. The van der Waals surface area contributed by atoms with Crippen LogP contribution in [0.25, 0.3) is 0 Å². The van der Waals surface area contributed by atoms with E-state index in [2.05, 4.69) is 104 Å². The van der Waals surface area contributed by atoms with E-state index in [9.17, 15) is 0 Å². The first kappa shape index (κ1) is 25.0. The molecule has 0 amide bonds. The molecule has 0 bridgehead atoms. The van der Waals surface area contributed by atoms with Gasteiger partial charge in [-0.2, -0.15) is 0 Å². The zero-order chi connectivity index (χ0) is 20.7. The minimum atomic E-state index is 0.249. The number of hydrogen-bond acceptors (Lipinski definition) is 0. The first-order valence-electron chi connectivity index (χ1n) is 10.8. The van der Waals surface area contributed by atoms with Crippen molar-refractivity contribution in [1.29, 1.82) is 0 Å². The van der Waals surface area contributed by atoms with Crippen molar-refractivity contribution >= 4 is 0 Å². The average Bonchev–Trinajstić information content (AvgIpc) is 2.41. The molecule has 0 aliphatic rings. The van der Waals surface area contributed by atoms with E-state index in [0.717, 1.165) is 0 Å². The van der Waals surface area contributed by atoms with Gasteiger partial charge in [0.25, 0.3) is 0 Å². The summed E-state index contributed by atoms with van der Waals surface area (Å²) in [5, 5.41) is 0. The number of rotatable bonds is 7. The predicted octanol–water partition coefficient (Wildman–Crippen LogP) is 8.99. The minimum Gasteiger partial charge on any atom is -0.0648 e. The molecule has 0 aliphatic heterocycles. The maximum Gasteiger partial charge on any atom is -0.0208 e. The van der Waals surface area contributed by atoms with E-state index in [-0.39, 0.29) is 27.1 Å². The molecule has 3 atom stereocenters. The van der Waals surface area contributed by atoms with Crippen LogP contribution in [0.3, 0.4) is 0 Å². The van der Waals surface area contributed by atoms with Crippen LogP contribution in [0, 0.1) is 38.4 Å². The van der Waals surface area contributed by atoms with Gasteiger partial charge in [-0.05, 0) is 57.7 Å². The first-order valence-corrected chi connectivity index (χ1v) is 10.8. The third kappa shape index (κ3) is 3.98. The van der Waals surface area contributed by atoms with Crippen LogP contribution in [0.1, 0.15) is 123 Å². The van der Waals surface area contributed by atoms with Crippen LogP contribution in [-0.4, -0.2) is 0 Å². The van der Waals surface area contributed by atoms with E-state index in [1.165, 1.54) is 19.3 Å². The van der Waals surface area contributed by atoms with Gasteiger partial charge in [-0.25, -0.2) is 0 Å². The second-order valence-electron chi connectivity index (χ2n) is 12.6. The molecule has 0 aromatic heterocycles. The van der Waals surface area contributed by atoms with Crippen molar-refractivity contribution in [3.8, 4) is 0 Å². The molecule has 0 heterocycles. The molecule has 0 N–H and O–H groups in total. The fourth-order valence-electron chi connectivity index (χ4n) is 5.97. The second kappa shape index (κ2) is 7.20. The van der Waals surface area contributed by atoms with Crippen molar-refractivity contribution < 1.29 is 0 Å². The molecule has 0 aromatic carbocycles. The van der Waals surface area contributed by atoms with Gasteiger partial charge in [0.1, 0.15) is 0 Å². The fourth-order valence-corrected chi connectivity index (χ4v) is 5.97. The van der Waals surface area contributed by atoms with Crippen LogP contribution < -0.4 is 0 Å². The SMILES string of the molecule is CCC(C)(C(C)(C)C)C(C)(CC)C(C)(CC(C)(C)C)C(C)(C)C(C)C. The van der Waals surface area contributed by atoms with Crippen LogP contribution in [0.5, 0.6) is 0 Å². The molecule has 0 spiro atoms. The Bertz CT molecular complexity index is 428. The highest BCUT2D eigenvalue weighted by Crippen LogP contribution is 2.70. The first-order chi connectivity index (χ1) is 10.8. The Balaban J connectivity index is 6.87. The van der Waals surface area contributed by atoms with E-state index < -0.39 is 0 Å². The molecule has 0 radical (unpaired) electrons. The highest BCUT2D eigenvalue weighted by atomic mass is 14.7. The summed E-state index contributed by atoms with van der Waals surface area (Å²) in [5.41, 5.74) is 1.66. The molecule has 0 fully saturated rings. The Morgan fingerprint density at radius 1 is 0.560 bits per heavy atom. The lowest BCUT2D eigenvalue weighted by Gasteiger charge is -2.68. The van der Waals surface area contributed by atoms with Gasteiger partial charge in [0.15, 0.2) is 0 Å². The highest BCUT2D eigenvalue weighted by molar-refractivity contribution is 5.11. The van der Waals surface area contributed by atoms with Gasteiger partial charge < -0.3 is 0 Å². The zero-order valence-corrected chi connectivity index (χ0v) is 20.7. The molecule has 152 valence electrons. The van der Waals surface area contributed by atoms with Gasteiger partial charge in [-0.1, -0.05) is 104 Å². The van der Waals surface area contributed by atoms with Gasteiger partial charge in [0.2, 0.25) is 0 Å². The predicted molar refractivity (Wildman–Crippen MR) is 117 cm³/mol. The third-order valence-electron chi connectivity index (χ3n) is 9.25. The average molecular weight is 353 g/mol. The van der Waals surface area contributed by atoms with E-state index in [4.69, 9.17) is 0 Å². The molecular formula is C25H52. The maximum atomic E-state index is 2.63. The van der Waals surface area contributed by atoms with Crippen LogP contribution in [0.15, 0.2) is 0 Å². The molecule has 0 rings (SSSR count). The molecule has 0 nitrogen and oxygen atoms in total. The van der Waals surface area contributed by atoms with Crippen molar-refractivity contribution in [2.75, 3.05) is 0 Å². The highest BCUT2D eigenvalue weighted by Gasteiger charge is 2.63. The molecule has 0 aromatic rings. The van der Waals surface area contributed by atoms with Gasteiger partial charge >= 0.3 is 0 Å². The molecule has 25 heavy (non-hydrogen) atoms. The topological polar surface area (TPSA) is 0 Å². The lowest BCUT2D eigenvalue weighted by molar-refractivity contribution is -0.193. The van der Waals surface area contributed by atoms with E-state index in [0.29, 0.717) is 11.3 Å². The van der Waals surface area contributed by atoms with Crippen molar-refractivity contribution in [3.63, 3.8) is 0 Å². The summed E-state index contributed by atoms with van der Waals surface area (Å²) >= 11 is 0. The molecule has 0 saturated carbocycles. The van der Waals surface area contributed by atoms with Crippen LogP contribution in [0.4, 0.5) is 0 Å². The Hall–Kier alpha value is 0. The Labute approximate surface area is 161 Å². The minimum absolute atomic E-state index is 0.249. The molecule has 0 aliphatic carbocycles. The second-order valence-corrected chi connectivity index (χ2v) is 12.6. The Morgan fingerprint density at radius 2 is 0.920 bits per heavy atom. The Kier molecular flexibility index (Phi) is 7.20. The summed E-state index contributed by atoms with van der Waals surface area (Å²) < 4.78 is 0. The number of hydrogen-bond donors (Lipinski definition) is 0. The molecule has 3 unspecified atom stereocenters. The van der Waals surface area contributed by atoms with Crippen molar-refractivity contribution in [3.05, 3.63) is 0 Å². The summed E-state index contributed by atoms with van der Waals surface area (Å²) in [6.07, 6.45) is 3.73. The summed E-state index contributed by atoms with van der Waals surface area (Å²) in [5.74, 6) is 0.659. The van der Waals surface area contributed by atoms with E-state index >= 15 is 0 Å². The lowest BCUT2D eigenvalue weighted by atomic mass is 9.37. The smallest absolute Gasteiger partial charge is 0.0208 e. The van der Waals surface area contributed by atoms with Crippen molar-refractivity contribution in [2.45, 2.75) is 123 Å². The van der Waals surface area contributed by atoms with Gasteiger partial charge in [0.05, 0.1) is 0 Å². The molecule has 0 heteroatoms. The summed E-state index contributed by atoms with van der Waals surface area (Å²) in [7, 11) is 0. The van der Waals surface area contributed by atoms with Crippen molar-refractivity contribution in [1.82, 2.24) is 0 Å². The van der Waals surface area contributed by atoms with Crippen LogP contribution in [-0.2, 0) is 0 Å². The van der Waals surface area contributed by atoms with E-state index in [1.807, 2.05) is 0 Å². The van der Waals surface area contributed by atoms with Gasteiger partial charge in [-0.3, -0.25) is 0 Å². The zero-order valence-electron chi connectivity index (χ0n) is 20.7. The summed E-state index contributed by atoms with van der Waals surface area (Å²) in [6.45, 7) is 37.3. The van der Waals surface area contributed by atoms with Crippen molar-refractivity contribution in [2.24, 2.45) is 38.4 Å². The largest absolute Gasteiger partial charge is 0.0648 e. The van der Waals surface area contributed by atoms with Gasteiger partial charge in [0, 0.05) is 0 Å². The standard InChI is InChI=1S/C25H52/c1-16-23(13,21(8,9)10)24(14,17-2)25(15,18-20(5,6)7)22(11,12)19(3)4/h19H,16-18H2,1-15H3.